The Bertz CT molecular complexity index is 876. The maximum Gasteiger partial charge on any atom is 0.243 e. The molecule has 172 valence electrons. The molecule has 3 aliphatic heterocycles. The molecule has 3 heterocycles. The third-order valence-electron chi connectivity index (χ3n) is 6.36. The highest BCUT2D eigenvalue weighted by atomic mass is 32.2. The molecule has 0 aromatic heterocycles. The SMILES string of the molecule is CCN(CC1CCOC1)C(=O)C1CCN(S(=O)(=O)c2ccc3c(c2)OCCCO3)CC1. The first-order chi connectivity index (χ1) is 15.0. The van der Waals surface area contributed by atoms with E-state index in [0.29, 0.717) is 63.1 Å². The van der Waals surface area contributed by atoms with Crippen LogP contribution < -0.4 is 9.47 Å². The Kier molecular flexibility index (Phi) is 7.03. The van der Waals surface area contributed by atoms with Crippen LogP contribution in [0.4, 0.5) is 0 Å². The van der Waals surface area contributed by atoms with Crippen molar-refractivity contribution in [3.05, 3.63) is 18.2 Å². The molecule has 2 saturated heterocycles. The van der Waals surface area contributed by atoms with Gasteiger partial charge in [0.05, 0.1) is 24.7 Å². The summed E-state index contributed by atoms with van der Waals surface area (Å²) in [4.78, 5) is 15.1. The predicted molar refractivity (Wildman–Crippen MR) is 115 cm³/mol. The van der Waals surface area contributed by atoms with Crippen molar-refractivity contribution in [3.8, 4) is 11.5 Å². The van der Waals surface area contributed by atoms with Gasteiger partial charge in [-0.3, -0.25) is 4.79 Å². The summed E-state index contributed by atoms with van der Waals surface area (Å²) in [5.41, 5.74) is 0. The van der Waals surface area contributed by atoms with Gasteiger partial charge in [-0.1, -0.05) is 0 Å². The second kappa shape index (κ2) is 9.75. The number of sulfonamides is 1. The lowest BCUT2D eigenvalue weighted by Gasteiger charge is -2.34. The van der Waals surface area contributed by atoms with E-state index in [0.717, 1.165) is 32.6 Å². The average molecular weight is 453 g/mol. The molecule has 0 radical (unpaired) electrons. The van der Waals surface area contributed by atoms with Gasteiger partial charge in [-0.05, 0) is 38.3 Å². The lowest BCUT2D eigenvalue weighted by Crippen LogP contribution is -2.45. The molecule has 9 heteroatoms. The highest BCUT2D eigenvalue weighted by molar-refractivity contribution is 7.89. The van der Waals surface area contributed by atoms with Crippen molar-refractivity contribution >= 4 is 15.9 Å². The van der Waals surface area contributed by atoms with Crippen molar-refractivity contribution in [1.29, 1.82) is 0 Å². The van der Waals surface area contributed by atoms with Crippen LogP contribution in [0.2, 0.25) is 0 Å². The quantitative estimate of drug-likeness (QED) is 0.657. The second-order valence-corrected chi connectivity index (χ2v) is 10.4. The number of rotatable bonds is 6. The molecule has 0 saturated carbocycles. The van der Waals surface area contributed by atoms with E-state index in [1.54, 1.807) is 18.2 Å². The highest BCUT2D eigenvalue weighted by Crippen LogP contribution is 2.34. The molecule has 2 fully saturated rings. The first kappa shape index (κ1) is 22.4. The van der Waals surface area contributed by atoms with Crippen LogP contribution in [-0.4, -0.2) is 76.1 Å². The van der Waals surface area contributed by atoms with Crippen molar-refractivity contribution in [2.75, 3.05) is 52.6 Å². The smallest absolute Gasteiger partial charge is 0.243 e. The number of benzene rings is 1. The number of fused-ring (bicyclic) bond motifs is 1. The fourth-order valence-corrected chi connectivity index (χ4v) is 5.95. The Morgan fingerprint density at radius 1 is 1.10 bits per heavy atom. The molecule has 8 nitrogen and oxygen atoms in total. The maximum absolute atomic E-state index is 13.2. The molecule has 1 amide bonds. The molecule has 31 heavy (non-hydrogen) atoms. The fraction of sp³-hybridized carbons (Fsp3) is 0.682. The zero-order valence-corrected chi connectivity index (χ0v) is 18.9. The van der Waals surface area contributed by atoms with Gasteiger partial charge in [0, 0.05) is 57.1 Å². The van der Waals surface area contributed by atoms with Crippen LogP contribution in [0.3, 0.4) is 0 Å². The first-order valence-corrected chi connectivity index (χ1v) is 12.7. The Hall–Kier alpha value is -1.84. The van der Waals surface area contributed by atoms with E-state index in [2.05, 4.69) is 0 Å². The zero-order valence-electron chi connectivity index (χ0n) is 18.1. The van der Waals surface area contributed by atoms with Gasteiger partial charge in [0.1, 0.15) is 0 Å². The molecule has 4 rings (SSSR count). The van der Waals surface area contributed by atoms with Crippen molar-refractivity contribution < 1.29 is 27.4 Å². The minimum Gasteiger partial charge on any atom is -0.490 e. The topological polar surface area (TPSA) is 85.4 Å². The largest absolute Gasteiger partial charge is 0.490 e. The van der Waals surface area contributed by atoms with Crippen LogP contribution in [0.1, 0.15) is 32.6 Å². The second-order valence-electron chi connectivity index (χ2n) is 8.44. The Labute approximate surface area is 184 Å². The molecule has 1 atom stereocenters. The third-order valence-corrected chi connectivity index (χ3v) is 8.25. The molecular weight excluding hydrogens is 420 g/mol. The summed E-state index contributed by atoms with van der Waals surface area (Å²) < 4.78 is 44.5. The molecule has 0 spiro atoms. The molecule has 0 N–H and O–H groups in total. The lowest BCUT2D eigenvalue weighted by atomic mass is 9.96. The highest BCUT2D eigenvalue weighted by Gasteiger charge is 2.34. The van der Waals surface area contributed by atoms with E-state index in [1.807, 2.05) is 11.8 Å². The van der Waals surface area contributed by atoms with Gasteiger partial charge < -0.3 is 19.1 Å². The van der Waals surface area contributed by atoms with Crippen LogP contribution >= 0.6 is 0 Å². The molecule has 3 aliphatic rings. The van der Waals surface area contributed by atoms with Crippen LogP contribution in [0.25, 0.3) is 0 Å². The minimum absolute atomic E-state index is 0.127. The minimum atomic E-state index is -3.64. The van der Waals surface area contributed by atoms with Gasteiger partial charge in [-0.15, -0.1) is 0 Å². The van der Waals surface area contributed by atoms with Gasteiger partial charge >= 0.3 is 0 Å². The lowest BCUT2D eigenvalue weighted by molar-refractivity contribution is -0.137. The summed E-state index contributed by atoms with van der Waals surface area (Å²) in [6, 6.07) is 4.79. The number of ether oxygens (including phenoxy) is 3. The van der Waals surface area contributed by atoms with E-state index in [9.17, 15) is 13.2 Å². The molecule has 0 bridgehead atoms. The number of hydrogen-bond acceptors (Lipinski definition) is 6. The van der Waals surface area contributed by atoms with E-state index < -0.39 is 10.0 Å². The summed E-state index contributed by atoms with van der Waals surface area (Å²) in [6.07, 6.45) is 2.84. The normalized spacial score (nSPS) is 22.8. The predicted octanol–water partition coefficient (Wildman–Crippen LogP) is 2.13. The van der Waals surface area contributed by atoms with Crippen LogP contribution in [0, 0.1) is 11.8 Å². The van der Waals surface area contributed by atoms with E-state index >= 15 is 0 Å². The van der Waals surface area contributed by atoms with Gasteiger partial charge in [-0.25, -0.2) is 8.42 Å². The number of carbonyl (C=O) groups is 1. The summed E-state index contributed by atoms with van der Waals surface area (Å²) in [5.74, 6) is 1.47. The molecule has 1 unspecified atom stereocenters. The molecular formula is C22H32N2O6S. The maximum atomic E-state index is 13.2. The number of nitrogens with zero attached hydrogens (tertiary/aromatic N) is 2. The van der Waals surface area contributed by atoms with Crippen LogP contribution in [0.15, 0.2) is 23.1 Å². The fourth-order valence-electron chi connectivity index (χ4n) is 4.47. The number of hydrogen-bond donors (Lipinski definition) is 0. The van der Waals surface area contributed by atoms with Gasteiger partial charge in [0.2, 0.25) is 15.9 Å². The van der Waals surface area contributed by atoms with Crippen LogP contribution in [0.5, 0.6) is 11.5 Å². The number of carbonyl (C=O) groups excluding carboxylic acids is 1. The Balaban J connectivity index is 1.38. The van der Waals surface area contributed by atoms with Crippen LogP contribution in [-0.2, 0) is 19.6 Å². The third kappa shape index (κ3) is 4.99. The Morgan fingerprint density at radius 3 is 2.52 bits per heavy atom. The number of piperidine rings is 1. The van der Waals surface area contributed by atoms with Gasteiger partial charge in [0.25, 0.3) is 0 Å². The van der Waals surface area contributed by atoms with Crippen molar-refractivity contribution in [1.82, 2.24) is 9.21 Å². The Morgan fingerprint density at radius 2 is 1.84 bits per heavy atom. The molecule has 1 aromatic rings. The molecule has 1 aromatic carbocycles. The summed E-state index contributed by atoms with van der Waals surface area (Å²) in [6.45, 7) is 6.64. The van der Waals surface area contributed by atoms with Crippen molar-refractivity contribution in [3.63, 3.8) is 0 Å². The average Bonchev–Trinajstić information content (AvgIpc) is 3.19. The zero-order chi connectivity index (χ0) is 21.8. The molecule has 0 aliphatic carbocycles. The van der Waals surface area contributed by atoms with Gasteiger partial charge in [-0.2, -0.15) is 4.31 Å². The van der Waals surface area contributed by atoms with Crippen molar-refractivity contribution in [2.24, 2.45) is 11.8 Å². The van der Waals surface area contributed by atoms with Crippen molar-refractivity contribution in [2.45, 2.75) is 37.5 Å². The van der Waals surface area contributed by atoms with E-state index in [-0.39, 0.29) is 16.7 Å². The van der Waals surface area contributed by atoms with Gasteiger partial charge in [0.15, 0.2) is 11.5 Å². The van der Waals surface area contributed by atoms with E-state index in [4.69, 9.17) is 14.2 Å². The summed E-state index contributed by atoms with van der Waals surface area (Å²) >= 11 is 0. The van der Waals surface area contributed by atoms with E-state index in [1.165, 1.54) is 4.31 Å². The summed E-state index contributed by atoms with van der Waals surface area (Å²) in [7, 11) is -3.64. The monoisotopic (exact) mass is 452 g/mol. The standard InChI is InChI=1S/C22H32N2O6S/c1-2-23(15-17-8-13-28-16-17)22(25)18-6-9-24(10-7-18)31(26,27)19-4-5-20-21(14-19)30-12-3-11-29-20/h4-5,14,17-18H,2-3,6-13,15-16H2,1H3. The number of amides is 1. The summed E-state index contributed by atoms with van der Waals surface area (Å²) in [5, 5.41) is 0. The first-order valence-electron chi connectivity index (χ1n) is 11.3.